The van der Waals surface area contributed by atoms with E-state index < -0.39 is 0 Å². The number of benzene rings is 1. The second-order valence-electron chi connectivity index (χ2n) is 3.54. The Morgan fingerprint density at radius 2 is 1.73 bits per heavy atom. The van der Waals surface area contributed by atoms with Crippen molar-refractivity contribution in [3.05, 3.63) is 29.6 Å². The van der Waals surface area contributed by atoms with Gasteiger partial charge in [0.15, 0.2) is 0 Å². The summed E-state index contributed by atoms with van der Waals surface area (Å²) >= 11 is 0. The monoisotopic (exact) mass is 254 g/mol. The number of rotatable bonds is 2. The molecular weight excluding hydrogens is 238 g/mol. The molecule has 15 heavy (non-hydrogen) atoms. The fourth-order valence-electron chi connectivity index (χ4n) is 1.19. The van der Waals surface area contributed by atoms with Crippen molar-refractivity contribution in [3.8, 4) is 0 Å². The standard InChI is InChI=1S/C10H15FN2.2ClH/c1-6(2)10(13)8-5-7(11)3-4-9(8)12;;/h3-6,10H,12-13H2,1-2H3;2*1H. The van der Waals surface area contributed by atoms with Crippen LogP contribution in [0.4, 0.5) is 10.1 Å². The molecule has 0 aromatic heterocycles. The van der Waals surface area contributed by atoms with E-state index >= 15 is 0 Å². The Bertz CT molecular complexity index is 305. The normalized spacial score (nSPS) is 11.5. The van der Waals surface area contributed by atoms with E-state index in [1.165, 1.54) is 12.1 Å². The Kier molecular flexibility index (Phi) is 7.75. The average molecular weight is 255 g/mol. The molecule has 1 unspecified atom stereocenters. The molecule has 0 spiro atoms. The average Bonchev–Trinajstić information content (AvgIpc) is 2.08. The molecule has 1 aromatic carbocycles. The van der Waals surface area contributed by atoms with E-state index in [2.05, 4.69) is 0 Å². The number of anilines is 1. The van der Waals surface area contributed by atoms with Crippen LogP contribution in [0, 0.1) is 11.7 Å². The summed E-state index contributed by atoms with van der Waals surface area (Å²) in [4.78, 5) is 0. The first kappa shape index (κ1) is 16.9. The maximum Gasteiger partial charge on any atom is 0.123 e. The summed E-state index contributed by atoms with van der Waals surface area (Å²) < 4.78 is 12.9. The molecule has 0 bridgehead atoms. The fourth-order valence-corrected chi connectivity index (χ4v) is 1.19. The van der Waals surface area contributed by atoms with Crippen LogP contribution in [0.15, 0.2) is 18.2 Å². The maximum atomic E-state index is 12.9. The molecule has 0 aliphatic heterocycles. The smallest absolute Gasteiger partial charge is 0.123 e. The maximum absolute atomic E-state index is 12.9. The molecule has 4 N–H and O–H groups in total. The van der Waals surface area contributed by atoms with E-state index in [1.54, 1.807) is 6.07 Å². The van der Waals surface area contributed by atoms with Crippen molar-refractivity contribution in [1.82, 2.24) is 0 Å². The van der Waals surface area contributed by atoms with Crippen LogP contribution in [0.1, 0.15) is 25.5 Å². The van der Waals surface area contributed by atoms with Gasteiger partial charge in [0, 0.05) is 11.7 Å². The van der Waals surface area contributed by atoms with E-state index in [0.29, 0.717) is 11.3 Å². The van der Waals surface area contributed by atoms with Crippen LogP contribution in [0.25, 0.3) is 0 Å². The lowest BCUT2D eigenvalue weighted by Gasteiger charge is -2.17. The number of halogens is 3. The highest BCUT2D eigenvalue weighted by Gasteiger charge is 2.13. The van der Waals surface area contributed by atoms with Gasteiger partial charge in [-0.2, -0.15) is 0 Å². The van der Waals surface area contributed by atoms with Crippen molar-refractivity contribution in [2.75, 3.05) is 5.73 Å². The largest absolute Gasteiger partial charge is 0.398 e. The van der Waals surface area contributed by atoms with Crippen LogP contribution in [-0.2, 0) is 0 Å². The zero-order valence-electron chi connectivity index (χ0n) is 8.74. The minimum Gasteiger partial charge on any atom is -0.398 e. The third-order valence-electron chi connectivity index (χ3n) is 2.13. The summed E-state index contributed by atoms with van der Waals surface area (Å²) in [6.07, 6.45) is 0. The van der Waals surface area contributed by atoms with Crippen LogP contribution >= 0.6 is 24.8 Å². The zero-order valence-corrected chi connectivity index (χ0v) is 10.4. The third-order valence-corrected chi connectivity index (χ3v) is 2.13. The molecule has 1 rings (SSSR count). The van der Waals surface area contributed by atoms with E-state index in [4.69, 9.17) is 11.5 Å². The summed E-state index contributed by atoms with van der Waals surface area (Å²) in [6.45, 7) is 3.96. The lowest BCUT2D eigenvalue weighted by Crippen LogP contribution is -2.18. The van der Waals surface area contributed by atoms with E-state index in [0.717, 1.165) is 0 Å². The number of hydrogen-bond acceptors (Lipinski definition) is 2. The number of nitrogen functional groups attached to an aromatic ring is 1. The molecule has 0 heterocycles. The Hall–Kier alpha value is -0.510. The SMILES string of the molecule is CC(C)C(N)c1cc(F)ccc1N.Cl.Cl. The van der Waals surface area contributed by atoms with Crippen LogP contribution in [0.3, 0.4) is 0 Å². The van der Waals surface area contributed by atoms with Crippen LogP contribution in [-0.4, -0.2) is 0 Å². The third kappa shape index (κ3) is 4.24. The zero-order chi connectivity index (χ0) is 10.0. The van der Waals surface area contributed by atoms with Gasteiger partial charge in [0.2, 0.25) is 0 Å². The van der Waals surface area contributed by atoms with Crippen LogP contribution in [0.2, 0.25) is 0 Å². The van der Waals surface area contributed by atoms with Crippen molar-refractivity contribution in [2.24, 2.45) is 11.7 Å². The fraction of sp³-hybridized carbons (Fsp3) is 0.400. The Morgan fingerprint density at radius 3 is 2.20 bits per heavy atom. The van der Waals surface area contributed by atoms with Gasteiger partial charge in [0.1, 0.15) is 5.82 Å². The second kappa shape index (κ2) is 6.88. The molecule has 1 aromatic rings. The minimum absolute atomic E-state index is 0. The van der Waals surface area contributed by atoms with Crippen molar-refractivity contribution < 1.29 is 4.39 Å². The Balaban J connectivity index is 0. The summed E-state index contributed by atoms with van der Waals surface area (Å²) in [5.74, 6) is -0.0376. The van der Waals surface area contributed by atoms with Gasteiger partial charge in [-0.3, -0.25) is 0 Å². The Labute approximate surface area is 102 Å². The minimum atomic E-state index is -0.291. The van der Waals surface area contributed by atoms with Gasteiger partial charge in [0.25, 0.3) is 0 Å². The number of nitrogens with two attached hydrogens (primary N) is 2. The summed E-state index contributed by atoms with van der Waals surface area (Å²) in [5.41, 5.74) is 12.8. The highest BCUT2D eigenvalue weighted by atomic mass is 35.5. The van der Waals surface area contributed by atoms with Crippen molar-refractivity contribution in [3.63, 3.8) is 0 Å². The highest BCUT2D eigenvalue weighted by molar-refractivity contribution is 5.85. The van der Waals surface area contributed by atoms with Gasteiger partial charge in [-0.25, -0.2) is 4.39 Å². The Morgan fingerprint density at radius 1 is 1.20 bits per heavy atom. The molecule has 0 aliphatic carbocycles. The van der Waals surface area contributed by atoms with Crippen LogP contribution < -0.4 is 11.5 Å². The van der Waals surface area contributed by atoms with Gasteiger partial charge >= 0.3 is 0 Å². The van der Waals surface area contributed by atoms with Gasteiger partial charge in [0.05, 0.1) is 0 Å². The van der Waals surface area contributed by atoms with E-state index in [-0.39, 0.29) is 42.6 Å². The highest BCUT2D eigenvalue weighted by Crippen LogP contribution is 2.24. The molecule has 5 heteroatoms. The summed E-state index contributed by atoms with van der Waals surface area (Å²) in [6, 6.07) is 4.09. The van der Waals surface area contributed by atoms with Crippen molar-refractivity contribution in [2.45, 2.75) is 19.9 Å². The second-order valence-corrected chi connectivity index (χ2v) is 3.54. The summed E-state index contributed by atoms with van der Waals surface area (Å²) in [5, 5.41) is 0. The van der Waals surface area contributed by atoms with Crippen molar-refractivity contribution >= 4 is 30.5 Å². The predicted octanol–water partition coefficient (Wildman–Crippen LogP) is 2.91. The molecule has 1 atom stereocenters. The van der Waals surface area contributed by atoms with Crippen LogP contribution in [0.5, 0.6) is 0 Å². The molecule has 0 saturated heterocycles. The van der Waals surface area contributed by atoms with E-state index in [1.807, 2.05) is 13.8 Å². The molecule has 0 radical (unpaired) electrons. The lowest BCUT2D eigenvalue weighted by atomic mass is 9.96. The predicted molar refractivity (Wildman–Crippen MR) is 67.1 cm³/mol. The van der Waals surface area contributed by atoms with Gasteiger partial charge in [-0.15, -0.1) is 24.8 Å². The quantitative estimate of drug-likeness (QED) is 0.798. The van der Waals surface area contributed by atoms with Crippen molar-refractivity contribution in [1.29, 1.82) is 0 Å². The molecule has 0 aliphatic rings. The molecule has 2 nitrogen and oxygen atoms in total. The molecule has 0 amide bonds. The first-order valence-electron chi connectivity index (χ1n) is 4.33. The van der Waals surface area contributed by atoms with Gasteiger partial charge in [-0.05, 0) is 29.7 Å². The summed E-state index contributed by atoms with van der Waals surface area (Å²) in [7, 11) is 0. The van der Waals surface area contributed by atoms with E-state index in [9.17, 15) is 4.39 Å². The van der Waals surface area contributed by atoms with Gasteiger partial charge in [-0.1, -0.05) is 13.8 Å². The molecule has 88 valence electrons. The van der Waals surface area contributed by atoms with Gasteiger partial charge < -0.3 is 11.5 Å². The molecule has 0 saturated carbocycles. The topological polar surface area (TPSA) is 52.0 Å². The first-order valence-corrected chi connectivity index (χ1v) is 4.33. The molecule has 0 fully saturated rings. The molecular formula is C10H17Cl2FN2. The first-order chi connectivity index (χ1) is 6.02. The lowest BCUT2D eigenvalue weighted by molar-refractivity contribution is 0.511. The number of hydrogen-bond donors (Lipinski definition) is 2.